The highest BCUT2D eigenvalue weighted by Gasteiger charge is 2.15. The number of halogens is 1. The Morgan fingerprint density at radius 3 is 2.50 bits per heavy atom. The lowest BCUT2D eigenvalue weighted by atomic mass is 10.1. The number of likely N-dealkylation sites (tertiary alicyclic amines) is 1. The third-order valence-corrected chi connectivity index (χ3v) is 2.23. The van der Waals surface area contributed by atoms with Crippen molar-refractivity contribution in [2.24, 2.45) is 0 Å². The number of carbonyl (C=O) groups excluding carboxylic acids is 2. The summed E-state index contributed by atoms with van der Waals surface area (Å²) < 4.78 is 0. The lowest BCUT2D eigenvalue weighted by Gasteiger charge is -2.24. The summed E-state index contributed by atoms with van der Waals surface area (Å²) in [7, 11) is 0. The predicted octanol–water partition coefficient (Wildman–Crippen LogP) is 0.807. The SMILES string of the molecule is O=C(Cl)CCN1CCC(=O)CC1. The number of Topliss-reactive ketones (excluding diaryl/α,β-unsaturated/α-hetero) is 1. The van der Waals surface area contributed by atoms with Crippen molar-refractivity contribution in [2.75, 3.05) is 19.6 Å². The Labute approximate surface area is 76.7 Å². The highest BCUT2D eigenvalue weighted by molar-refractivity contribution is 6.63. The average molecular weight is 190 g/mol. The molecule has 1 heterocycles. The van der Waals surface area contributed by atoms with Crippen molar-refractivity contribution in [1.29, 1.82) is 0 Å². The molecule has 0 bridgehead atoms. The van der Waals surface area contributed by atoms with Gasteiger partial charge in [-0.25, -0.2) is 0 Å². The monoisotopic (exact) mass is 189 g/mol. The lowest BCUT2D eigenvalue weighted by Crippen LogP contribution is -2.34. The molecule has 68 valence electrons. The first-order valence-corrected chi connectivity index (χ1v) is 4.48. The molecule has 1 rings (SSSR count). The Bertz CT molecular complexity index is 183. The van der Waals surface area contributed by atoms with E-state index in [1.165, 1.54) is 0 Å². The molecule has 1 aliphatic rings. The van der Waals surface area contributed by atoms with Gasteiger partial charge in [0.25, 0.3) is 0 Å². The van der Waals surface area contributed by atoms with Crippen LogP contribution in [-0.2, 0) is 9.59 Å². The molecule has 0 radical (unpaired) electrons. The van der Waals surface area contributed by atoms with E-state index in [1.807, 2.05) is 0 Å². The highest BCUT2D eigenvalue weighted by Crippen LogP contribution is 2.06. The number of hydrogen-bond acceptors (Lipinski definition) is 3. The van der Waals surface area contributed by atoms with Crippen LogP contribution >= 0.6 is 11.6 Å². The first-order chi connectivity index (χ1) is 5.68. The maximum Gasteiger partial charge on any atom is 0.222 e. The zero-order chi connectivity index (χ0) is 8.97. The van der Waals surface area contributed by atoms with Crippen LogP contribution in [0.25, 0.3) is 0 Å². The predicted molar refractivity (Wildman–Crippen MR) is 46.2 cm³/mol. The van der Waals surface area contributed by atoms with Crippen LogP contribution < -0.4 is 0 Å². The van der Waals surface area contributed by atoms with Gasteiger partial charge in [0, 0.05) is 38.9 Å². The van der Waals surface area contributed by atoms with Crippen LogP contribution in [-0.4, -0.2) is 35.6 Å². The van der Waals surface area contributed by atoms with Gasteiger partial charge in [-0.05, 0) is 11.6 Å². The summed E-state index contributed by atoms with van der Waals surface area (Å²) in [4.78, 5) is 23.3. The van der Waals surface area contributed by atoms with E-state index in [0.717, 1.165) is 13.1 Å². The molecule has 0 unspecified atom stereocenters. The van der Waals surface area contributed by atoms with Crippen LogP contribution in [0.1, 0.15) is 19.3 Å². The Hall–Kier alpha value is -0.410. The molecule has 1 fully saturated rings. The van der Waals surface area contributed by atoms with E-state index in [2.05, 4.69) is 4.90 Å². The van der Waals surface area contributed by atoms with Crippen LogP contribution in [0.4, 0.5) is 0 Å². The topological polar surface area (TPSA) is 37.4 Å². The number of hydrogen-bond donors (Lipinski definition) is 0. The van der Waals surface area contributed by atoms with Gasteiger partial charge in [0.15, 0.2) is 0 Å². The van der Waals surface area contributed by atoms with Crippen molar-refractivity contribution in [3.05, 3.63) is 0 Å². The van der Waals surface area contributed by atoms with Gasteiger partial charge in [0.1, 0.15) is 5.78 Å². The molecule has 0 saturated carbocycles. The number of nitrogens with zero attached hydrogens (tertiary/aromatic N) is 1. The highest BCUT2D eigenvalue weighted by atomic mass is 35.5. The summed E-state index contributed by atoms with van der Waals surface area (Å²) in [5.74, 6) is 0.323. The summed E-state index contributed by atoms with van der Waals surface area (Å²) in [5, 5.41) is -0.299. The summed E-state index contributed by atoms with van der Waals surface area (Å²) >= 11 is 5.19. The minimum atomic E-state index is -0.299. The maximum atomic E-state index is 10.8. The zero-order valence-electron chi connectivity index (χ0n) is 6.88. The van der Waals surface area contributed by atoms with Crippen molar-refractivity contribution >= 4 is 22.6 Å². The maximum absolute atomic E-state index is 10.8. The molecule has 1 saturated heterocycles. The molecule has 0 atom stereocenters. The molecule has 0 aromatic carbocycles. The first-order valence-electron chi connectivity index (χ1n) is 4.11. The van der Waals surface area contributed by atoms with Crippen molar-refractivity contribution in [3.8, 4) is 0 Å². The quantitative estimate of drug-likeness (QED) is 0.617. The van der Waals surface area contributed by atoms with E-state index < -0.39 is 0 Å². The molecule has 0 aromatic rings. The standard InChI is InChI=1S/C8H12ClNO2/c9-8(12)3-6-10-4-1-7(11)2-5-10/h1-6H2. The zero-order valence-corrected chi connectivity index (χ0v) is 7.64. The van der Waals surface area contributed by atoms with Crippen LogP contribution in [0.3, 0.4) is 0 Å². The van der Waals surface area contributed by atoms with Crippen LogP contribution in [0.2, 0.25) is 0 Å². The van der Waals surface area contributed by atoms with Gasteiger partial charge in [-0.3, -0.25) is 9.59 Å². The first kappa shape index (κ1) is 9.68. The molecule has 4 heteroatoms. The van der Waals surface area contributed by atoms with Gasteiger partial charge in [-0.1, -0.05) is 0 Å². The Morgan fingerprint density at radius 2 is 2.00 bits per heavy atom. The van der Waals surface area contributed by atoms with Crippen molar-refractivity contribution in [3.63, 3.8) is 0 Å². The van der Waals surface area contributed by atoms with E-state index in [0.29, 0.717) is 31.6 Å². The average Bonchev–Trinajstić information content (AvgIpc) is 2.03. The molecule has 1 aliphatic heterocycles. The van der Waals surface area contributed by atoms with Gasteiger partial charge in [0.05, 0.1) is 0 Å². The molecular weight excluding hydrogens is 178 g/mol. The van der Waals surface area contributed by atoms with Crippen LogP contribution in [0, 0.1) is 0 Å². The second-order valence-electron chi connectivity index (χ2n) is 2.99. The fourth-order valence-corrected chi connectivity index (χ4v) is 1.36. The second kappa shape index (κ2) is 4.58. The van der Waals surface area contributed by atoms with E-state index >= 15 is 0 Å². The number of piperidine rings is 1. The van der Waals surface area contributed by atoms with Gasteiger partial charge in [-0.15, -0.1) is 0 Å². The molecule has 0 N–H and O–H groups in total. The molecule has 0 aromatic heterocycles. The van der Waals surface area contributed by atoms with E-state index in [9.17, 15) is 9.59 Å². The van der Waals surface area contributed by atoms with E-state index in [-0.39, 0.29) is 5.24 Å². The van der Waals surface area contributed by atoms with Crippen molar-refractivity contribution in [1.82, 2.24) is 4.90 Å². The molecular formula is C8H12ClNO2. The summed E-state index contributed by atoms with van der Waals surface area (Å²) in [6.07, 6.45) is 1.63. The largest absolute Gasteiger partial charge is 0.302 e. The molecule has 0 amide bonds. The summed E-state index contributed by atoms with van der Waals surface area (Å²) in [6.45, 7) is 2.25. The Balaban J connectivity index is 2.17. The van der Waals surface area contributed by atoms with Crippen LogP contribution in [0.5, 0.6) is 0 Å². The fourth-order valence-electron chi connectivity index (χ4n) is 1.27. The minimum absolute atomic E-state index is 0.299. The van der Waals surface area contributed by atoms with Crippen molar-refractivity contribution in [2.45, 2.75) is 19.3 Å². The lowest BCUT2D eigenvalue weighted by molar-refractivity contribution is -0.121. The Morgan fingerprint density at radius 1 is 1.42 bits per heavy atom. The normalized spacial score (nSPS) is 19.6. The van der Waals surface area contributed by atoms with Gasteiger partial charge >= 0.3 is 0 Å². The number of ketones is 1. The summed E-state index contributed by atoms with van der Waals surface area (Å²) in [5.41, 5.74) is 0. The molecule has 12 heavy (non-hydrogen) atoms. The van der Waals surface area contributed by atoms with Gasteiger partial charge < -0.3 is 4.90 Å². The molecule has 3 nitrogen and oxygen atoms in total. The third-order valence-electron chi connectivity index (χ3n) is 2.04. The number of carbonyl (C=O) groups is 2. The van der Waals surface area contributed by atoms with E-state index in [4.69, 9.17) is 11.6 Å². The summed E-state index contributed by atoms with van der Waals surface area (Å²) in [6, 6.07) is 0. The fraction of sp³-hybridized carbons (Fsp3) is 0.750. The minimum Gasteiger partial charge on any atom is -0.302 e. The van der Waals surface area contributed by atoms with Gasteiger partial charge in [0.2, 0.25) is 5.24 Å². The number of rotatable bonds is 3. The Kier molecular flexibility index (Phi) is 3.69. The van der Waals surface area contributed by atoms with Crippen molar-refractivity contribution < 1.29 is 9.59 Å². The third kappa shape index (κ3) is 3.32. The van der Waals surface area contributed by atoms with E-state index in [1.54, 1.807) is 0 Å². The second-order valence-corrected chi connectivity index (χ2v) is 3.41. The van der Waals surface area contributed by atoms with Crippen LogP contribution in [0.15, 0.2) is 0 Å². The smallest absolute Gasteiger partial charge is 0.222 e. The molecule has 0 spiro atoms. The van der Waals surface area contributed by atoms with Gasteiger partial charge in [-0.2, -0.15) is 0 Å². The molecule has 0 aliphatic carbocycles.